The zero-order valence-electron chi connectivity index (χ0n) is 11.8. The highest BCUT2D eigenvalue weighted by molar-refractivity contribution is 14.1. The van der Waals surface area contributed by atoms with Gasteiger partial charge in [0.05, 0.1) is 0 Å². The lowest BCUT2D eigenvalue weighted by Crippen LogP contribution is -2.35. The Morgan fingerprint density at radius 1 is 1.45 bits per heavy atom. The summed E-state index contributed by atoms with van der Waals surface area (Å²) in [7, 11) is 0. The van der Waals surface area contributed by atoms with Gasteiger partial charge in [0.2, 0.25) is 0 Å². The van der Waals surface area contributed by atoms with E-state index in [0.29, 0.717) is 11.3 Å². The van der Waals surface area contributed by atoms with Crippen LogP contribution in [0.15, 0.2) is 30.9 Å². The third kappa shape index (κ3) is 4.63. The van der Waals surface area contributed by atoms with Gasteiger partial charge in [0.25, 0.3) is 0 Å². The van der Waals surface area contributed by atoms with Crippen molar-refractivity contribution in [1.29, 1.82) is 0 Å². The van der Waals surface area contributed by atoms with Gasteiger partial charge < -0.3 is 10.1 Å². The number of rotatable bonds is 5. The Bertz CT molecular complexity index is 520. The van der Waals surface area contributed by atoms with Gasteiger partial charge >= 0.3 is 5.97 Å². The number of hydrogen-bond acceptors (Lipinski definition) is 4. The second-order valence-corrected chi connectivity index (χ2v) is 6.30. The van der Waals surface area contributed by atoms with Gasteiger partial charge in [-0.05, 0) is 49.4 Å². The molecule has 0 aromatic heterocycles. The monoisotopic (exact) mass is 387 g/mol. The van der Waals surface area contributed by atoms with Crippen molar-refractivity contribution in [2.24, 2.45) is 0 Å². The van der Waals surface area contributed by atoms with Crippen LogP contribution in [0.25, 0.3) is 0 Å². The number of nitrogens with one attached hydrogen (secondary N) is 1. The fourth-order valence-corrected chi connectivity index (χ4v) is 2.14. The van der Waals surface area contributed by atoms with Crippen LogP contribution in [0.4, 0.5) is 5.69 Å². The first-order chi connectivity index (χ1) is 9.28. The second kappa shape index (κ2) is 6.88. The Labute approximate surface area is 132 Å². The van der Waals surface area contributed by atoms with Gasteiger partial charge in [-0.2, -0.15) is 0 Å². The van der Waals surface area contributed by atoms with E-state index in [-0.39, 0.29) is 0 Å². The molecule has 1 atom stereocenters. The average Bonchev–Trinajstić information content (AvgIpc) is 2.35. The Morgan fingerprint density at radius 3 is 2.60 bits per heavy atom. The van der Waals surface area contributed by atoms with Crippen LogP contribution in [-0.4, -0.2) is 23.9 Å². The molecule has 0 aliphatic carbocycles. The third-order valence-electron chi connectivity index (χ3n) is 2.36. The molecule has 0 heterocycles. The number of ether oxygens (including phenoxy) is 1. The number of carbonyl (C=O) groups is 2. The quantitative estimate of drug-likeness (QED) is 0.364. The van der Waals surface area contributed by atoms with Gasteiger partial charge in [-0.15, -0.1) is 6.58 Å². The Morgan fingerprint density at radius 2 is 2.10 bits per heavy atom. The Kier molecular flexibility index (Phi) is 5.74. The highest BCUT2D eigenvalue weighted by Crippen LogP contribution is 2.22. The predicted octanol–water partition coefficient (Wildman–Crippen LogP) is 3.41. The van der Waals surface area contributed by atoms with Crippen molar-refractivity contribution in [3.63, 3.8) is 0 Å². The summed E-state index contributed by atoms with van der Waals surface area (Å²) in [6.45, 7) is 9.07. The largest absolute Gasteiger partial charge is 0.458 e. The molecule has 0 spiro atoms. The molecule has 1 rings (SSSR count). The van der Waals surface area contributed by atoms with Gasteiger partial charge in [0.1, 0.15) is 11.6 Å². The average molecular weight is 387 g/mol. The molecule has 20 heavy (non-hydrogen) atoms. The molecule has 1 aromatic rings. The summed E-state index contributed by atoms with van der Waals surface area (Å²) in [4.78, 5) is 22.9. The molecule has 0 amide bonds. The van der Waals surface area contributed by atoms with Crippen LogP contribution >= 0.6 is 22.6 Å². The number of esters is 1. The first-order valence-corrected chi connectivity index (χ1v) is 7.22. The van der Waals surface area contributed by atoms with Crippen LogP contribution < -0.4 is 5.32 Å². The minimum absolute atomic E-state index is 0.403. The number of anilines is 1. The van der Waals surface area contributed by atoms with E-state index >= 15 is 0 Å². The molecule has 1 N–H and O–H groups in total. The summed E-state index contributed by atoms with van der Waals surface area (Å²) < 4.78 is 6.07. The predicted molar refractivity (Wildman–Crippen MR) is 88.0 cm³/mol. The highest BCUT2D eigenvalue weighted by atomic mass is 127. The lowest BCUT2D eigenvalue weighted by Gasteiger charge is -2.24. The van der Waals surface area contributed by atoms with Gasteiger partial charge in [-0.1, -0.05) is 18.2 Å². The smallest absolute Gasteiger partial charge is 0.333 e. The molecule has 0 saturated heterocycles. The summed E-state index contributed by atoms with van der Waals surface area (Å²) in [5.74, 6) is -0.403. The summed E-state index contributed by atoms with van der Waals surface area (Å²) in [5.41, 5.74) is 0.714. The molecule has 0 saturated carbocycles. The molecule has 108 valence electrons. The van der Waals surface area contributed by atoms with Crippen LogP contribution in [0.3, 0.4) is 0 Å². The van der Waals surface area contributed by atoms with Crippen LogP contribution in [0.2, 0.25) is 0 Å². The Hall–Kier alpha value is -1.37. The van der Waals surface area contributed by atoms with Crippen molar-refractivity contribution in [3.8, 4) is 0 Å². The molecule has 5 heteroatoms. The molecular formula is C15H18INO3. The molecule has 1 unspecified atom stereocenters. The Balaban J connectivity index is 2.92. The van der Waals surface area contributed by atoms with Crippen LogP contribution in [-0.2, 0) is 9.53 Å². The fourth-order valence-electron chi connectivity index (χ4n) is 1.50. The molecular weight excluding hydrogens is 369 g/mol. The number of halogens is 1. The third-order valence-corrected chi connectivity index (χ3v) is 3.57. The van der Waals surface area contributed by atoms with Crippen LogP contribution in [0, 0.1) is 3.57 Å². The highest BCUT2D eigenvalue weighted by Gasteiger charge is 2.23. The zero-order chi connectivity index (χ0) is 15.3. The van der Waals surface area contributed by atoms with Gasteiger partial charge in [0.15, 0.2) is 6.29 Å². The maximum atomic E-state index is 12.0. The van der Waals surface area contributed by atoms with Gasteiger partial charge in [-0.25, -0.2) is 4.79 Å². The molecule has 0 fully saturated rings. The standard InChI is InChI=1S/C15H18INO3/c1-5-11(14(19)20-15(2,3)4)17-12-8-6-7-10(9-18)13(12)16/h5-9,11,17H,1H2,2-4H3. The lowest BCUT2D eigenvalue weighted by molar-refractivity contribution is -0.154. The van der Waals surface area contributed by atoms with E-state index in [0.717, 1.165) is 9.86 Å². The lowest BCUT2D eigenvalue weighted by atomic mass is 10.1. The van der Waals surface area contributed by atoms with E-state index in [9.17, 15) is 9.59 Å². The van der Waals surface area contributed by atoms with Crippen molar-refractivity contribution in [2.45, 2.75) is 32.4 Å². The normalized spacial score (nSPS) is 12.4. The molecule has 0 aliphatic rings. The number of benzene rings is 1. The minimum Gasteiger partial charge on any atom is -0.458 e. The van der Waals surface area contributed by atoms with E-state index < -0.39 is 17.6 Å². The number of aldehydes is 1. The maximum Gasteiger partial charge on any atom is 0.333 e. The van der Waals surface area contributed by atoms with Crippen molar-refractivity contribution in [3.05, 3.63) is 40.0 Å². The zero-order valence-corrected chi connectivity index (χ0v) is 13.9. The van der Waals surface area contributed by atoms with Crippen molar-refractivity contribution >= 4 is 40.5 Å². The number of carbonyl (C=O) groups excluding carboxylic acids is 2. The van der Waals surface area contributed by atoms with Crippen LogP contribution in [0.1, 0.15) is 31.1 Å². The molecule has 0 bridgehead atoms. The molecule has 1 aromatic carbocycles. The summed E-state index contributed by atoms with van der Waals surface area (Å²) in [5, 5.41) is 3.04. The first-order valence-electron chi connectivity index (χ1n) is 6.14. The van der Waals surface area contributed by atoms with Gasteiger partial charge in [0, 0.05) is 14.8 Å². The summed E-state index contributed by atoms with van der Waals surface area (Å²) in [6.07, 6.45) is 2.26. The van der Waals surface area contributed by atoms with Gasteiger partial charge in [-0.3, -0.25) is 4.79 Å². The van der Waals surface area contributed by atoms with Crippen molar-refractivity contribution < 1.29 is 14.3 Å². The molecule has 4 nitrogen and oxygen atoms in total. The minimum atomic E-state index is -0.662. The van der Waals surface area contributed by atoms with E-state index in [1.807, 2.05) is 20.8 Å². The van der Waals surface area contributed by atoms with Crippen molar-refractivity contribution in [1.82, 2.24) is 0 Å². The first kappa shape index (κ1) is 16.7. The summed E-state index contributed by atoms with van der Waals surface area (Å²) >= 11 is 2.06. The van der Waals surface area contributed by atoms with E-state index in [2.05, 4.69) is 34.5 Å². The fraction of sp³-hybridized carbons (Fsp3) is 0.333. The molecule has 0 aliphatic heterocycles. The topological polar surface area (TPSA) is 55.4 Å². The SMILES string of the molecule is C=CC(Nc1cccc(C=O)c1I)C(=O)OC(C)(C)C. The van der Waals surface area contributed by atoms with Crippen molar-refractivity contribution in [2.75, 3.05) is 5.32 Å². The van der Waals surface area contributed by atoms with E-state index in [4.69, 9.17) is 4.74 Å². The number of hydrogen-bond donors (Lipinski definition) is 1. The van der Waals surface area contributed by atoms with Crippen LogP contribution in [0.5, 0.6) is 0 Å². The molecule has 0 radical (unpaired) electrons. The second-order valence-electron chi connectivity index (χ2n) is 5.22. The maximum absolute atomic E-state index is 12.0. The summed E-state index contributed by atoms with van der Waals surface area (Å²) in [6, 6.07) is 4.61. The van der Waals surface area contributed by atoms with E-state index in [1.54, 1.807) is 18.2 Å². The van der Waals surface area contributed by atoms with E-state index in [1.165, 1.54) is 6.08 Å².